The topological polar surface area (TPSA) is 169 Å². The minimum absolute atomic E-state index is 0.0423. The van der Waals surface area contributed by atoms with Crippen LogP contribution in [0.25, 0.3) is 0 Å². The van der Waals surface area contributed by atoms with Crippen LogP contribution in [-0.4, -0.2) is 92.8 Å². The van der Waals surface area contributed by atoms with E-state index in [0.29, 0.717) is 5.57 Å². The van der Waals surface area contributed by atoms with E-state index in [2.05, 4.69) is 0 Å². The largest absolute Gasteiger partial charge is 0.458 e. The number of hydrogen-bond donors (Lipinski definition) is 4. The normalized spacial score (nSPS) is 42.1. The molecule has 11 nitrogen and oxygen atoms in total. The fourth-order valence-corrected chi connectivity index (χ4v) is 8.20. The highest BCUT2D eigenvalue weighted by atomic mass is 16.6. The van der Waals surface area contributed by atoms with Crippen molar-refractivity contribution in [1.29, 1.82) is 0 Å². The highest BCUT2D eigenvalue weighted by Gasteiger charge is 2.77. The monoisotopic (exact) mass is 588 g/mol. The van der Waals surface area contributed by atoms with E-state index in [1.54, 1.807) is 51.1 Å². The molecule has 42 heavy (non-hydrogen) atoms. The van der Waals surface area contributed by atoms with Gasteiger partial charge < -0.3 is 39.4 Å². The van der Waals surface area contributed by atoms with Gasteiger partial charge in [-0.1, -0.05) is 39.0 Å². The van der Waals surface area contributed by atoms with Gasteiger partial charge in [-0.15, -0.1) is 0 Å². The lowest BCUT2D eigenvalue weighted by Crippen LogP contribution is -2.82. The van der Waals surface area contributed by atoms with Gasteiger partial charge in [0.2, 0.25) is 0 Å². The Morgan fingerprint density at radius 2 is 1.62 bits per heavy atom. The van der Waals surface area contributed by atoms with Gasteiger partial charge in [-0.25, -0.2) is 4.79 Å². The zero-order valence-corrected chi connectivity index (χ0v) is 24.7. The summed E-state index contributed by atoms with van der Waals surface area (Å²) in [7, 11) is 0. The van der Waals surface area contributed by atoms with Crippen molar-refractivity contribution in [2.24, 2.45) is 16.7 Å². The molecule has 1 aromatic rings. The first-order valence-corrected chi connectivity index (χ1v) is 14.2. The van der Waals surface area contributed by atoms with Gasteiger partial charge in [0.25, 0.3) is 0 Å². The molecule has 1 heterocycles. The van der Waals surface area contributed by atoms with E-state index in [-0.39, 0.29) is 30.6 Å². The van der Waals surface area contributed by atoms with Gasteiger partial charge in [0.1, 0.15) is 30.0 Å². The summed E-state index contributed by atoms with van der Waals surface area (Å²) in [6.45, 7) is 8.78. The molecule has 1 aliphatic heterocycles. The highest BCUT2D eigenvalue weighted by Crippen LogP contribution is 2.65. The highest BCUT2D eigenvalue weighted by molar-refractivity contribution is 5.89. The predicted molar refractivity (Wildman–Crippen MR) is 146 cm³/mol. The second-order valence-electron chi connectivity index (χ2n) is 13.0. The minimum atomic E-state index is -2.07. The van der Waals surface area contributed by atoms with Crippen LogP contribution in [0.5, 0.6) is 0 Å². The van der Waals surface area contributed by atoms with E-state index in [4.69, 9.17) is 18.9 Å². The van der Waals surface area contributed by atoms with Gasteiger partial charge in [0, 0.05) is 37.5 Å². The molecule has 3 aliphatic carbocycles. The second kappa shape index (κ2) is 10.1. The van der Waals surface area contributed by atoms with E-state index in [9.17, 15) is 34.8 Å². The van der Waals surface area contributed by atoms with Crippen molar-refractivity contribution in [3.05, 3.63) is 47.0 Å². The fraction of sp³-hybridized carbons (Fsp3) is 0.645. The van der Waals surface area contributed by atoms with E-state index in [1.807, 2.05) is 0 Å². The number of carbonyl (C=O) groups is 3. The van der Waals surface area contributed by atoms with Gasteiger partial charge in [-0.3, -0.25) is 9.59 Å². The third kappa shape index (κ3) is 4.16. The standard InChI is InChI=1S/C31H40O11/c1-15-19(40-16(2)32)13-31(38)26(41-27(37)18-10-8-7-9-11-18)24-29(6,25(36)23(35)22(15)28(31,4)5)20(34)12-21-30(24,14-39-21)42-17(3)33/h7-11,19-21,23-26,34-36,38H,12-14H2,1-6H3/t19-,20-,21+,23+,24-,25-,26-,29+,30-,31+/m0/s1. The number of rotatable bonds is 4. The predicted octanol–water partition coefficient (Wildman–Crippen LogP) is 1.44. The van der Waals surface area contributed by atoms with Crippen molar-refractivity contribution in [2.75, 3.05) is 6.61 Å². The summed E-state index contributed by atoms with van der Waals surface area (Å²) >= 11 is 0. The molecule has 1 aromatic carbocycles. The second-order valence-corrected chi connectivity index (χ2v) is 13.0. The van der Waals surface area contributed by atoms with Crippen molar-refractivity contribution < 1.29 is 53.8 Å². The molecule has 2 saturated carbocycles. The Kier molecular flexibility index (Phi) is 7.38. The van der Waals surface area contributed by atoms with Gasteiger partial charge in [-0.2, -0.15) is 0 Å². The molecule has 4 aliphatic rings. The van der Waals surface area contributed by atoms with Gasteiger partial charge in [0.05, 0.1) is 30.3 Å². The number of carbonyl (C=O) groups excluding carboxylic acids is 3. The van der Waals surface area contributed by atoms with Crippen molar-refractivity contribution in [3.63, 3.8) is 0 Å². The summed E-state index contributed by atoms with van der Waals surface area (Å²) < 4.78 is 23.6. The van der Waals surface area contributed by atoms with E-state index < -0.39 is 82.5 Å². The molecule has 11 heteroatoms. The number of fused-ring (bicyclic) bond motifs is 5. The molecule has 1 saturated heterocycles. The Labute approximate surface area is 244 Å². The number of esters is 3. The zero-order valence-electron chi connectivity index (χ0n) is 24.7. The SMILES string of the molecule is CC(=O)O[C@H]1C[C@@]2(O)[C@@H](OC(=O)c3ccccc3)[C@@H]3[C@]4(OC(C)=O)CO[C@@H]4C[C@H](O)[C@@]3(C)[C@@H](O)[C@H](O)C(=C1C)C2(C)C. The molecule has 10 atom stereocenters. The van der Waals surface area contributed by atoms with Crippen LogP contribution < -0.4 is 0 Å². The van der Waals surface area contributed by atoms with Gasteiger partial charge >= 0.3 is 17.9 Å². The van der Waals surface area contributed by atoms with E-state index in [0.717, 1.165) is 0 Å². The van der Waals surface area contributed by atoms with Crippen molar-refractivity contribution in [2.45, 2.75) is 102 Å². The van der Waals surface area contributed by atoms with Crippen molar-refractivity contribution in [3.8, 4) is 0 Å². The Morgan fingerprint density at radius 1 is 0.976 bits per heavy atom. The maximum absolute atomic E-state index is 13.7. The van der Waals surface area contributed by atoms with Crippen LogP contribution in [0.2, 0.25) is 0 Å². The summed E-state index contributed by atoms with van der Waals surface area (Å²) in [5.41, 5.74) is -5.83. The molecule has 0 unspecified atom stereocenters. The average Bonchev–Trinajstić information content (AvgIpc) is 2.90. The minimum Gasteiger partial charge on any atom is -0.458 e. The maximum atomic E-state index is 13.7. The number of aliphatic hydroxyl groups is 4. The molecule has 3 fully saturated rings. The quantitative estimate of drug-likeness (QED) is 0.228. The average molecular weight is 589 g/mol. The van der Waals surface area contributed by atoms with E-state index >= 15 is 0 Å². The Hall–Kier alpha value is -2.83. The Morgan fingerprint density at radius 3 is 2.17 bits per heavy atom. The van der Waals surface area contributed by atoms with Gasteiger partial charge in [0.15, 0.2) is 5.60 Å². The Balaban J connectivity index is 1.82. The maximum Gasteiger partial charge on any atom is 0.338 e. The fourth-order valence-electron chi connectivity index (χ4n) is 8.20. The van der Waals surface area contributed by atoms with Crippen LogP contribution in [0.1, 0.15) is 64.7 Å². The first kappa shape index (κ1) is 30.6. The first-order chi connectivity index (χ1) is 19.5. The lowest BCUT2D eigenvalue weighted by molar-refractivity contribution is -0.365. The molecule has 0 aromatic heterocycles. The summed E-state index contributed by atoms with van der Waals surface area (Å²) in [4.78, 5) is 38.5. The summed E-state index contributed by atoms with van der Waals surface area (Å²) in [6.07, 6.45) is -8.35. The lowest BCUT2D eigenvalue weighted by Gasteiger charge is -2.69. The van der Waals surface area contributed by atoms with Crippen LogP contribution in [0.15, 0.2) is 41.5 Å². The molecule has 4 N–H and O–H groups in total. The zero-order chi connectivity index (χ0) is 31.0. The first-order valence-electron chi connectivity index (χ1n) is 14.2. The number of hydrogen-bond acceptors (Lipinski definition) is 11. The molecule has 0 amide bonds. The van der Waals surface area contributed by atoms with Crippen molar-refractivity contribution in [1.82, 2.24) is 0 Å². The molecule has 230 valence electrons. The van der Waals surface area contributed by atoms with Crippen molar-refractivity contribution >= 4 is 17.9 Å². The van der Waals surface area contributed by atoms with Gasteiger partial charge in [-0.05, 0) is 30.2 Å². The van der Waals surface area contributed by atoms with Crippen LogP contribution in [0.4, 0.5) is 0 Å². The summed E-state index contributed by atoms with van der Waals surface area (Å²) in [5, 5.41) is 48.4. The smallest absolute Gasteiger partial charge is 0.338 e. The third-order valence-electron chi connectivity index (χ3n) is 10.5. The van der Waals surface area contributed by atoms with Crippen LogP contribution >= 0.6 is 0 Å². The lowest BCUT2D eigenvalue weighted by atomic mass is 9.44. The summed E-state index contributed by atoms with van der Waals surface area (Å²) in [6, 6.07) is 8.12. The number of aliphatic hydroxyl groups excluding tert-OH is 3. The molecule has 2 bridgehead atoms. The molecule has 5 rings (SSSR count). The van der Waals surface area contributed by atoms with Crippen LogP contribution in [-0.2, 0) is 28.5 Å². The molecular formula is C31H40O11. The number of benzene rings is 1. The summed E-state index contributed by atoms with van der Waals surface area (Å²) in [5.74, 6) is -3.37. The molecule has 0 spiro atoms. The molecule has 0 radical (unpaired) electrons. The number of ether oxygens (including phenoxy) is 4. The van der Waals surface area contributed by atoms with E-state index in [1.165, 1.54) is 20.8 Å². The molecular weight excluding hydrogens is 548 g/mol. The Bertz CT molecular complexity index is 1310. The van der Waals surface area contributed by atoms with Crippen LogP contribution in [0, 0.1) is 16.7 Å². The third-order valence-corrected chi connectivity index (χ3v) is 10.5. The van der Waals surface area contributed by atoms with Crippen LogP contribution in [0.3, 0.4) is 0 Å².